The number of aromatic nitrogens is 4. The van der Waals surface area contributed by atoms with Gasteiger partial charge in [-0.25, -0.2) is 9.78 Å². The Morgan fingerprint density at radius 2 is 1.68 bits per heavy atom. The smallest absolute Gasteiger partial charge is 0.332 e. The first-order valence-corrected chi connectivity index (χ1v) is 10.9. The second-order valence-electron chi connectivity index (χ2n) is 8.32. The lowest BCUT2D eigenvalue weighted by molar-refractivity contribution is -0.146. The summed E-state index contributed by atoms with van der Waals surface area (Å²) in [5, 5.41) is 0. The molecule has 0 aliphatic carbocycles. The van der Waals surface area contributed by atoms with Gasteiger partial charge in [0.1, 0.15) is 13.2 Å². The van der Waals surface area contributed by atoms with Gasteiger partial charge in [-0.1, -0.05) is 12.1 Å². The Morgan fingerprint density at radius 3 is 2.41 bits per heavy atom. The first-order valence-electron chi connectivity index (χ1n) is 10.9. The minimum Gasteiger partial charge on any atom is -0.485 e. The van der Waals surface area contributed by atoms with Crippen molar-refractivity contribution in [2.45, 2.75) is 12.6 Å². The molecule has 0 radical (unpaired) electrons. The Morgan fingerprint density at radius 1 is 1.00 bits per heavy atom. The SMILES string of the molecule is Cn1c(=O)c2c(ncn2CC(=O)N2CCN(C(=O)[C@@H]3COc4ccccc4O3)CC2)n(C)c1=O. The molecular weight excluding hydrogens is 444 g/mol. The number of aryl methyl sites for hydroxylation is 1. The Kier molecular flexibility index (Phi) is 5.34. The van der Waals surface area contributed by atoms with Crippen LogP contribution in [0.15, 0.2) is 40.2 Å². The van der Waals surface area contributed by atoms with E-state index in [0.29, 0.717) is 37.7 Å². The van der Waals surface area contributed by atoms with Gasteiger partial charge in [-0.2, -0.15) is 0 Å². The molecule has 12 heteroatoms. The Bertz CT molecular complexity index is 1400. The summed E-state index contributed by atoms with van der Waals surface area (Å²) >= 11 is 0. The van der Waals surface area contributed by atoms with Crippen LogP contribution in [0.4, 0.5) is 0 Å². The number of ether oxygens (including phenoxy) is 2. The Hall–Kier alpha value is -4.09. The number of carbonyl (C=O) groups is 2. The standard InChI is InChI=1S/C22H24N6O6/c1-24-19-18(21(31)25(2)22(24)32)28(13-23-19)11-17(29)26-7-9-27(10-8-26)20(30)16-12-33-14-5-3-4-6-15(14)34-16/h3-6,13,16H,7-12H2,1-2H3/t16-/m0/s1. The molecule has 0 saturated carbocycles. The molecule has 3 aromatic rings. The summed E-state index contributed by atoms with van der Waals surface area (Å²) in [7, 11) is 2.92. The van der Waals surface area contributed by atoms with E-state index < -0.39 is 17.4 Å². The quantitative estimate of drug-likeness (QED) is 0.481. The van der Waals surface area contributed by atoms with Crippen molar-refractivity contribution < 1.29 is 19.1 Å². The highest BCUT2D eigenvalue weighted by atomic mass is 16.6. The molecule has 4 heterocycles. The van der Waals surface area contributed by atoms with Crippen LogP contribution in [0.2, 0.25) is 0 Å². The lowest BCUT2D eigenvalue weighted by Gasteiger charge is -2.37. The molecule has 2 amide bonds. The molecule has 1 atom stereocenters. The normalized spacial score (nSPS) is 17.8. The maximum absolute atomic E-state index is 12.9. The number of piperazine rings is 1. The van der Waals surface area contributed by atoms with E-state index in [1.807, 2.05) is 12.1 Å². The van der Waals surface area contributed by atoms with Crippen molar-refractivity contribution in [1.29, 1.82) is 0 Å². The maximum Gasteiger partial charge on any atom is 0.332 e. The monoisotopic (exact) mass is 468 g/mol. The van der Waals surface area contributed by atoms with Crippen LogP contribution in [0.5, 0.6) is 11.5 Å². The van der Waals surface area contributed by atoms with Gasteiger partial charge < -0.3 is 23.8 Å². The fraction of sp³-hybridized carbons (Fsp3) is 0.409. The predicted molar refractivity (Wildman–Crippen MR) is 120 cm³/mol. The molecule has 0 unspecified atom stereocenters. The van der Waals surface area contributed by atoms with Gasteiger partial charge in [0.25, 0.3) is 11.5 Å². The third-order valence-electron chi connectivity index (χ3n) is 6.25. The zero-order valence-electron chi connectivity index (χ0n) is 18.8. The molecule has 0 N–H and O–H groups in total. The first-order chi connectivity index (χ1) is 16.3. The molecule has 5 rings (SSSR count). The number of nitrogens with zero attached hydrogens (tertiary/aromatic N) is 6. The van der Waals surface area contributed by atoms with Crippen molar-refractivity contribution in [3.63, 3.8) is 0 Å². The van der Waals surface area contributed by atoms with Gasteiger partial charge >= 0.3 is 5.69 Å². The van der Waals surface area contributed by atoms with Gasteiger partial charge in [-0.15, -0.1) is 0 Å². The lowest BCUT2D eigenvalue weighted by Crippen LogP contribution is -2.55. The van der Waals surface area contributed by atoms with E-state index in [2.05, 4.69) is 4.98 Å². The molecular formula is C22H24N6O6. The van der Waals surface area contributed by atoms with Crippen molar-refractivity contribution in [3.8, 4) is 11.5 Å². The number of carbonyl (C=O) groups excluding carboxylic acids is 2. The number of amides is 2. The summed E-state index contributed by atoms with van der Waals surface area (Å²) in [6.07, 6.45) is 0.666. The summed E-state index contributed by atoms with van der Waals surface area (Å²) in [5.74, 6) is 0.779. The topological polar surface area (TPSA) is 121 Å². The number of hydrogen-bond donors (Lipinski definition) is 0. The van der Waals surface area contributed by atoms with E-state index in [0.717, 1.165) is 4.57 Å². The zero-order valence-corrected chi connectivity index (χ0v) is 18.8. The first kappa shape index (κ1) is 21.7. The average Bonchev–Trinajstić information content (AvgIpc) is 3.29. The summed E-state index contributed by atoms with van der Waals surface area (Å²) in [4.78, 5) is 58.0. The Labute approximate surface area is 193 Å². The van der Waals surface area contributed by atoms with E-state index in [9.17, 15) is 19.2 Å². The van der Waals surface area contributed by atoms with E-state index in [-0.39, 0.29) is 36.1 Å². The van der Waals surface area contributed by atoms with Gasteiger partial charge in [0, 0.05) is 40.3 Å². The minimum atomic E-state index is -0.725. The molecule has 2 aliphatic heterocycles. The highest BCUT2D eigenvalue weighted by Crippen LogP contribution is 2.31. The molecule has 178 valence electrons. The van der Waals surface area contributed by atoms with Crippen molar-refractivity contribution >= 4 is 23.0 Å². The van der Waals surface area contributed by atoms with Gasteiger partial charge in [-0.05, 0) is 12.1 Å². The number of benzene rings is 1. The van der Waals surface area contributed by atoms with Crippen LogP contribution >= 0.6 is 0 Å². The molecule has 1 aromatic carbocycles. The molecule has 12 nitrogen and oxygen atoms in total. The van der Waals surface area contributed by atoms with E-state index >= 15 is 0 Å². The number of imidazole rings is 1. The van der Waals surface area contributed by atoms with Crippen molar-refractivity contribution in [3.05, 3.63) is 51.4 Å². The average molecular weight is 468 g/mol. The van der Waals surface area contributed by atoms with Crippen LogP contribution in [0.25, 0.3) is 11.2 Å². The number of rotatable bonds is 3. The van der Waals surface area contributed by atoms with Crippen molar-refractivity contribution in [1.82, 2.24) is 28.5 Å². The number of hydrogen-bond acceptors (Lipinski definition) is 7. The summed E-state index contributed by atoms with van der Waals surface area (Å²) in [5.41, 5.74) is -0.560. The number of fused-ring (bicyclic) bond motifs is 2. The van der Waals surface area contributed by atoms with Crippen LogP contribution in [0.1, 0.15) is 0 Å². The van der Waals surface area contributed by atoms with Crippen LogP contribution in [-0.2, 0) is 30.2 Å². The fourth-order valence-corrected chi connectivity index (χ4v) is 4.28. The third-order valence-corrected chi connectivity index (χ3v) is 6.25. The second-order valence-corrected chi connectivity index (χ2v) is 8.32. The zero-order chi connectivity index (χ0) is 24.0. The fourth-order valence-electron chi connectivity index (χ4n) is 4.28. The molecule has 1 saturated heterocycles. The largest absolute Gasteiger partial charge is 0.485 e. The highest BCUT2D eigenvalue weighted by Gasteiger charge is 2.33. The highest BCUT2D eigenvalue weighted by molar-refractivity contribution is 5.83. The summed E-state index contributed by atoms with van der Waals surface area (Å²) in [6.45, 7) is 1.50. The van der Waals surface area contributed by atoms with Gasteiger partial charge in [-0.3, -0.25) is 23.5 Å². The minimum absolute atomic E-state index is 0.0890. The van der Waals surface area contributed by atoms with Gasteiger partial charge in [0.15, 0.2) is 22.7 Å². The summed E-state index contributed by atoms with van der Waals surface area (Å²) in [6, 6.07) is 7.21. The second kappa shape index (κ2) is 8.36. The molecule has 34 heavy (non-hydrogen) atoms. The van der Waals surface area contributed by atoms with E-state index in [1.54, 1.807) is 21.9 Å². The predicted octanol–water partition coefficient (Wildman–Crippen LogP) is -1.06. The van der Waals surface area contributed by atoms with Crippen molar-refractivity contribution in [2.75, 3.05) is 32.8 Å². The molecule has 0 spiro atoms. The maximum atomic E-state index is 12.9. The number of para-hydroxylation sites is 2. The van der Waals surface area contributed by atoms with E-state index in [4.69, 9.17) is 9.47 Å². The molecule has 0 bridgehead atoms. The molecule has 2 aliphatic rings. The molecule has 1 fully saturated rings. The van der Waals surface area contributed by atoms with Crippen molar-refractivity contribution in [2.24, 2.45) is 14.1 Å². The van der Waals surface area contributed by atoms with Crippen LogP contribution in [0, 0.1) is 0 Å². The van der Waals surface area contributed by atoms with Crippen LogP contribution in [0.3, 0.4) is 0 Å². The molecule has 2 aromatic heterocycles. The Balaban J connectivity index is 1.23. The lowest BCUT2D eigenvalue weighted by atomic mass is 10.2. The summed E-state index contributed by atoms with van der Waals surface area (Å²) < 4.78 is 15.2. The van der Waals surface area contributed by atoms with E-state index in [1.165, 1.54) is 29.6 Å². The van der Waals surface area contributed by atoms with Crippen LogP contribution < -0.4 is 20.7 Å². The van der Waals surface area contributed by atoms with Gasteiger partial charge in [0.05, 0.1) is 6.33 Å². The van der Waals surface area contributed by atoms with Crippen LogP contribution in [-0.4, -0.2) is 79.2 Å². The third kappa shape index (κ3) is 3.60. The van der Waals surface area contributed by atoms with Gasteiger partial charge in [0.2, 0.25) is 12.0 Å².